The molecule has 1 aromatic rings. The Labute approximate surface area is 112 Å². The lowest BCUT2D eigenvalue weighted by atomic mass is 9.90. The van der Waals surface area contributed by atoms with Crippen molar-refractivity contribution in [1.29, 1.82) is 0 Å². The third-order valence-electron chi connectivity index (χ3n) is 4.13. The number of Topliss-reactive ketones (excluding diaryl/α,β-unsaturated/α-hetero) is 1. The molecule has 2 bridgehead atoms. The topological polar surface area (TPSA) is 34.1 Å². The Morgan fingerprint density at radius 1 is 1.16 bits per heavy atom. The second kappa shape index (κ2) is 4.78. The monoisotopic (exact) mass is 284 g/mol. The van der Waals surface area contributed by atoms with Crippen LogP contribution in [0, 0.1) is 17.6 Å². The summed E-state index contributed by atoms with van der Waals surface area (Å²) in [6.45, 7) is 0. The number of fused-ring (bicyclic) bond motifs is 2. The van der Waals surface area contributed by atoms with Gasteiger partial charge in [0.25, 0.3) is 0 Å². The molecule has 2 aliphatic heterocycles. The maximum atomic E-state index is 13.6. The smallest absolute Gasteiger partial charge is 0.168 e. The molecule has 102 valence electrons. The highest BCUT2D eigenvalue weighted by Crippen LogP contribution is 2.40. The van der Waals surface area contributed by atoms with Crippen LogP contribution in [0.5, 0.6) is 0 Å². The van der Waals surface area contributed by atoms with Gasteiger partial charge in [-0.2, -0.15) is 0 Å². The van der Waals surface area contributed by atoms with Gasteiger partial charge in [-0.3, -0.25) is 9.00 Å². The molecule has 0 radical (unpaired) electrons. The molecular weight excluding hydrogens is 270 g/mol. The van der Waals surface area contributed by atoms with E-state index in [1.165, 1.54) is 6.07 Å². The number of hydrogen-bond acceptors (Lipinski definition) is 2. The van der Waals surface area contributed by atoms with Gasteiger partial charge in [0.15, 0.2) is 5.78 Å². The lowest BCUT2D eigenvalue weighted by molar-refractivity contribution is 0.0902. The summed E-state index contributed by atoms with van der Waals surface area (Å²) in [7, 11) is -0.827. The fourth-order valence-electron chi connectivity index (χ4n) is 3.16. The maximum Gasteiger partial charge on any atom is 0.168 e. The molecule has 0 aliphatic carbocycles. The molecule has 0 spiro atoms. The Morgan fingerprint density at radius 2 is 1.79 bits per heavy atom. The van der Waals surface area contributed by atoms with Crippen molar-refractivity contribution in [2.24, 2.45) is 5.92 Å². The van der Waals surface area contributed by atoms with Gasteiger partial charge in [-0.1, -0.05) is 0 Å². The normalized spacial score (nSPS) is 33.4. The molecule has 3 rings (SSSR count). The number of hydrogen-bond donors (Lipinski definition) is 0. The molecule has 2 aliphatic rings. The van der Waals surface area contributed by atoms with Crippen molar-refractivity contribution in [3.63, 3.8) is 0 Å². The minimum Gasteiger partial charge on any atom is -0.294 e. The van der Waals surface area contributed by atoms with Gasteiger partial charge in [-0.25, -0.2) is 8.78 Å². The predicted molar refractivity (Wildman–Crippen MR) is 68.4 cm³/mol. The standard InChI is InChI=1S/C14H14F2O2S/c15-9-1-4-12(13(16)7-9)14(17)8-5-10-2-3-11(6-8)19(10)18/h1,4,7-8,10-11H,2-3,5-6H2. The van der Waals surface area contributed by atoms with Gasteiger partial charge < -0.3 is 0 Å². The molecule has 2 heterocycles. The lowest BCUT2D eigenvalue weighted by Crippen LogP contribution is -2.32. The summed E-state index contributed by atoms with van der Waals surface area (Å²) in [5, 5.41) is 0.160. The summed E-state index contributed by atoms with van der Waals surface area (Å²) < 4.78 is 38.3. The van der Waals surface area contributed by atoms with E-state index in [0.29, 0.717) is 12.8 Å². The van der Waals surface area contributed by atoms with Gasteiger partial charge in [-0.05, 0) is 37.8 Å². The first kappa shape index (κ1) is 12.9. The fourth-order valence-corrected chi connectivity index (χ4v) is 5.28. The van der Waals surface area contributed by atoms with E-state index in [1.54, 1.807) is 0 Å². The number of benzene rings is 1. The van der Waals surface area contributed by atoms with Crippen LogP contribution in [0.4, 0.5) is 8.78 Å². The molecule has 2 nitrogen and oxygen atoms in total. The van der Waals surface area contributed by atoms with E-state index in [-0.39, 0.29) is 27.8 Å². The zero-order valence-corrected chi connectivity index (χ0v) is 11.1. The third-order valence-corrected chi connectivity index (χ3v) is 6.30. The number of rotatable bonds is 2. The zero-order chi connectivity index (χ0) is 13.6. The number of carbonyl (C=O) groups excluding carboxylic acids is 1. The Kier molecular flexibility index (Phi) is 3.25. The van der Waals surface area contributed by atoms with Gasteiger partial charge in [-0.15, -0.1) is 0 Å². The van der Waals surface area contributed by atoms with Crippen molar-refractivity contribution in [3.8, 4) is 0 Å². The highest BCUT2D eigenvalue weighted by atomic mass is 32.2. The Hall–Kier alpha value is -1.10. The first-order chi connectivity index (χ1) is 9.06. The van der Waals surface area contributed by atoms with Crippen molar-refractivity contribution in [2.75, 3.05) is 0 Å². The first-order valence-corrected chi connectivity index (χ1v) is 7.72. The first-order valence-electron chi connectivity index (χ1n) is 6.45. The average Bonchev–Trinajstić information content (AvgIpc) is 2.61. The van der Waals surface area contributed by atoms with Crippen LogP contribution in [0.1, 0.15) is 36.0 Å². The van der Waals surface area contributed by atoms with Gasteiger partial charge in [0.2, 0.25) is 0 Å². The number of ketones is 1. The molecule has 0 aromatic heterocycles. The second-order valence-electron chi connectivity index (χ2n) is 5.31. The number of halogens is 2. The van der Waals surface area contributed by atoms with E-state index in [1.807, 2.05) is 0 Å². The zero-order valence-electron chi connectivity index (χ0n) is 10.3. The molecule has 19 heavy (non-hydrogen) atoms. The predicted octanol–water partition coefficient (Wildman–Crippen LogP) is 2.84. The van der Waals surface area contributed by atoms with E-state index >= 15 is 0 Å². The molecule has 0 amide bonds. The highest BCUT2D eigenvalue weighted by molar-refractivity contribution is 7.86. The van der Waals surface area contributed by atoms with Crippen molar-refractivity contribution in [1.82, 2.24) is 0 Å². The van der Waals surface area contributed by atoms with E-state index in [4.69, 9.17) is 0 Å². The second-order valence-corrected chi connectivity index (χ2v) is 7.30. The van der Waals surface area contributed by atoms with Gasteiger partial charge in [0.05, 0.1) is 5.56 Å². The van der Waals surface area contributed by atoms with Gasteiger partial charge >= 0.3 is 0 Å². The molecule has 2 unspecified atom stereocenters. The molecular formula is C14H14F2O2S. The molecule has 2 saturated heterocycles. The minimum absolute atomic E-state index is 0.0431. The molecule has 5 heteroatoms. The van der Waals surface area contributed by atoms with Crippen molar-refractivity contribution in [2.45, 2.75) is 36.2 Å². The largest absolute Gasteiger partial charge is 0.294 e. The Balaban J connectivity index is 1.83. The number of carbonyl (C=O) groups is 1. The van der Waals surface area contributed by atoms with E-state index in [0.717, 1.165) is 25.0 Å². The fraction of sp³-hybridized carbons (Fsp3) is 0.500. The van der Waals surface area contributed by atoms with Crippen LogP contribution in [-0.4, -0.2) is 20.5 Å². The van der Waals surface area contributed by atoms with E-state index in [2.05, 4.69) is 0 Å². The lowest BCUT2D eigenvalue weighted by Gasteiger charge is -2.26. The third kappa shape index (κ3) is 2.24. The quantitative estimate of drug-likeness (QED) is 0.783. The summed E-state index contributed by atoms with van der Waals surface area (Å²) >= 11 is 0. The molecule has 1 aromatic carbocycles. The molecule has 0 N–H and O–H groups in total. The summed E-state index contributed by atoms with van der Waals surface area (Å²) in [6.07, 6.45) is 2.93. The van der Waals surface area contributed by atoms with Crippen molar-refractivity contribution < 1.29 is 17.8 Å². The summed E-state index contributed by atoms with van der Waals surface area (Å²) in [5.41, 5.74) is -0.0431. The molecule has 0 saturated carbocycles. The van der Waals surface area contributed by atoms with Crippen molar-refractivity contribution >= 4 is 16.6 Å². The van der Waals surface area contributed by atoms with Crippen LogP contribution in [0.25, 0.3) is 0 Å². The summed E-state index contributed by atoms with van der Waals surface area (Å²) in [5.74, 6) is -2.02. The summed E-state index contributed by atoms with van der Waals surface area (Å²) in [6, 6.07) is 3.05. The molecule has 2 atom stereocenters. The van der Waals surface area contributed by atoms with Gasteiger partial charge in [0, 0.05) is 33.3 Å². The van der Waals surface area contributed by atoms with Crippen LogP contribution in [-0.2, 0) is 10.8 Å². The van der Waals surface area contributed by atoms with Crippen molar-refractivity contribution in [3.05, 3.63) is 35.4 Å². The van der Waals surface area contributed by atoms with E-state index < -0.39 is 22.4 Å². The Bertz CT molecular complexity index is 542. The van der Waals surface area contributed by atoms with Crippen LogP contribution in [0.2, 0.25) is 0 Å². The van der Waals surface area contributed by atoms with Crippen LogP contribution in [0.3, 0.4) is 0 Å². The average molecular weight is 284 g/mol. The highest BCUT2D eigenvalue weighted by Gasteiger charge is 2.43. The maximum absolute atomic E-state index is 13.6. The van der Waals surface area contributed by atoms with Crippen LogP contribution < -0.4 is 0 Å². The SMILES string of the molecule is O=C(c1ccc(F)cc1F)C1CC2CCC(C1)S2=O. The Morgan fingerprint density at radius 3 is 2.37 bits per heavy atom. The van der Waals surface area contributed by atoms with Gasteiger partial charge in [0.1, 0.15) is 11.6 Å². The van der Waals surface area contributed by atoms with Crippen LogP contribution in [0.15, 0.2) is 18.2 Å². The van der Waals surface area contributed by atoms with Crippen LogP contribution >= 0.6 is 0 Å². The summed E-state index contributed by atoms with van der Waals surface area (Å²) in [4.78, 5) is 12.3. The minimum atomic E-state index is -0.827. The van der Waals surface area contributed by atoms with E-state index in [9.17, 15) is 17.8 Å². The molecule has 2 fully saturated rings.